The van der Waals surface area contributed by atoms with Crippen LogP contribution in [0.3, 0.4) is 0 Å². The quantitative estimate of drug-likeness (QED) is 0.772. The first-order chi connectivity index (χ1) is 10.5. The second-order valence-corrected chi connectivity index (χ2v) is 7.11. The van der Waals surface area contributed by atoms with Gasteiger partial charge in [0.2, 0.25) is 5.56 Å². The Bertz CT molecular complexity index is 892. The molecule has 0 fully saturated rings. The van der Waals surface area contributed by atoms with Gasteiger partial charge in [-0.1, -0.05) is 0 Å². The zero-order valence-electron chi connectivity index (χ0n) is 12.0. The van der Waals surface area contributed by atoms with Crippen molar-refractivity contribution < 1.29 is 4.79 Å². The fraction of sp³-hybridized carbons (Fsp3) is 0.133. The van der Waals surface area contributed by atoms with Gasteiger partial charge in [-0.15, -0.1) is 22.7 Å². The highest BCUT2D eigenvalue weighted by Crippen LogP contribution is 2.30. The number of thiophene rings is 1. The zero-order chi connectivity index (χ0) is 15.7. The fourth-order valence-corrected chi connectivity index (χ4v) is 3.66. The number of carbonyl (C=O) groups is 1. The smallest absolute Gasteiger partial charge is 0.267 e. The number of H-pyrrole nitrogens is 1. The average molecular weight is 331 g/mol. The number of aromatic nitrogens is 2. The van der Waals surface area contributed by atoms with E-state index in [0.717, 1.165) is 20.9 Å². The average Bonchev–Trinajstić information content (AvgIpc) is 3.08. The molecule has 0 spiro atoms. The Labute approximate surface area is 134 Å². The maximum Gasteiger partial charge on any atom is 0.267 e. The van der Waals surface area contributed by atoms with E-state index in [9.17, 15) is 9.59 Å². The summed E-state index contributed by atoms with van der Waals surface area (Å²) in [6.45, 7) is 3.82. The van der Waals surface area contributed by atoms with Gasteiger partial charge in [-0.3, -0.25) is 14.9 Å². The van der Waals surface area contributed by atoms with Crippen molar-refractivity contribution in [1.29, 1.82) is 0 Å². The topological polar surface area (TPSA) is 74.8 Å². The monoisotopic (exact) mass is 331 g/mol. The summed E-state index contributed by atoms with van der Waals surface area (Å²) in [7, 11) is 0. The molecule has 0 saturated carbocycles. The highest BCUT2D eigenvalue weighted by Gasteiger charge is 2.13. The number of thiazole rings is 1. The molecule has 0 aliphatic heterocycles. The Balaban J connectivity index is 1.84. The van der Waals surface area contributed by atoms with Crippen LogP contribution in [-0.2, 0) is 0 Å². The number of hydrogen-bond donors (Lipinski definition) is 2. The van der Waals surface area contributed by atoms with E-state index in [1.165, 1.54) is 22.7 Å². The van der Waals surface area contributed by atoms with Gasteiger partial charge in [0.15, 0.2) is 5.13 Å². The molecule has 2 N–H and O–H groups in total. The van der Waals surface area contributed by atoms with Crippen LogP contribution in [0.1, 0.15) is 20.1 Å². The molecular formula is C15H13N3O2S2. The third-order valence-corrected chi connectivity index (χ3v) is 5.01. The van der Waals surface area contributed by atoms with Crippen molar-refractivity contribution in [3.8, 4) is 10.4 Å². The molecule has 0 unspecified atom stereocenters. The van der Waals surface area contributed by atoms with E-state index >= 15 is 0 Å². The van der Waals surface area contributed by atoms with E-state index in [1.807, 2.05) is 19.9 Å². The summed E-state index contributed by atoms with van der Waals surface area (Å²) in [6.07, 6.45) is 3.40. The number of amides is 1. The van der Waals surface area contributed by atoms with Gasteiger partial charge >= 0.3 is 0 Å². The summed E-state index contributed by atoms with van der Waals surface area (Å²) in [5, 5.41) is 3.38. The van der Waals surface area contributed by atoms with Gasteiger partial charge < -0.3 is 4.98 Å². The summed E-state index contributed by atoms with van der Waals surface area (Å²) in [5.41, 5.74) is 1.68. The Morgan fingerprint density at radius 1 is 1.27 bits per heavy atom. The molecule has 3 aromatic heterocycles. The number of rotatable bonds is 3. The Hall–Kier alpha value is -2.25. The van der Waals surface area contributed by atoms with Crippen molar-refractivity contribution >= 4 is 33.7 Å². The number of carbonyl (C=O) groups excluding carboxylic acids is 1. The first-order valence-corrected chi connectivity index (χ1v) is 8.19. The SMILES string of the molecule is Cc1cnc(NC(=O)c2ccc(-c3c[nH]c(=O)cc3C)s2)s1. The molecule has 0 radical (unpaired) electrons. The van der Waals surface area contributed by atoms with Crippen LogP contribution in [0.2, 0.25) is 0 Å². The number of aryl methyl sites for hydroxylation is 2. The van der Waals surface area contributed by atoms with Crippen molar-refractivity contribution in [2.24, 2.45) is 0 Å². The van der Waals surface area contributed by atoms with Crippen LogP contribution in [0.5, 0.6) is 0 Å². The lowest BCUT2D eigenvalue weighted by Crippen LogP contribution is -2.09. The zero-order valence-corrected chi connectivity index (χ0v) is 13.6. The molecule has 1 amide bonds. The van der Waals surface area contributed by atoms with Gasteiger partial charge in [-0.05, 0) is 31.5 Å². The number of pyridine rings is 1. The van der Waals surface area contributed by atoms with Crippen LogP contribution in [-0.4, -0.2) is 15.9 Å². The molecule has 0 aliphatic carbocycles. The molecule has 112 valence electrons. The van der Waals surface area contributed by atoms with Gasteiger partial charge in [-0.25, -0.2) is 4.98 Å². The van der Waals surface area contributed by atoms with E-state index in [2.05, 4.69) is 15.3 Å². The Morgan fingerprint density at radius 3 is 2.77 bits per heavy atom. The molecule has 0 bridgehead atoms. The first kappa shape index (κ1) is 14.7. The minimum Gasteiger partial charge on any atom is -0.328 e. The highest BCUT2D eigenvalue weighted by atomic mass is 32.1. The van der Waals surface area contributed by atoms with Crippen molar-refractivity contribution in [2.75, 3.05) is 5.32 Å². The Kier molecular flexibility index (Phi) is 3.91. The first-order valence-electron chi connectivity index (χ1n) is 6.56. The third-order valence-electron chi connectivity index (χ3n) is 3.07. The molecule has 3 aromatic rings. The van der Waals surface area contributed by atoms with E-state index < -0.39 is 0 Å². The minimum atomic E-state index is -0.173. The summed E-state index contributed by atoms with van der Waals surface area (Å²) in [6, 6.07) is 5.21. The van der Waals surface area contributed by atoms with Crippen LogP contribution in [0.4, 0.5) is 5.13 Å². The highest BCUT2D eigenvalue weighted by molar-refractivity contribution is 7.18. The molecule has 0 atom stereocenters. The van der Waals surface area contributed by atoms with Crippen LogP contribution in [0.15, 0.2) is 35.4 Å². The molecule has 0 aliphatic rings. The lowest BCUT2D eigenvalue weighted by Gasteiger charge is -2.01. The standard InChI is InChI=1S/C15H13N3O2S2/c1-8-5-13(19)16-7-10(8)11-3-4-12(22-11)14(20)18-15-17-6-9(2)21-15/h3-7H,1-2H3,(H,16,19)(H,17,18,20). The second-order valence-electron chi connectivity index (χ2n) is 4.79. The number of aromatic amines is 1. The van der Waals surface area contributed by atoms with E-state index in [4.69, 9.17) is 0 Å². The van der Waals surface area contributed by atoms with Crippen LogP contribution in [0, 0.1) is 13.8 Å². The summed E-state index contributed by atoms with van der Waals surface area (Å²) >= 11 is 2.82. The maximum absolute atomic E-state index is 12.2. The van der Waals surface area contributed by atoms with Crippen LogP contribution >= 0.6 is 22.7 Å². The second kappa shape index (κ2) is 5.86. The Morgan fingerprint density at radius 2 is 2.09 bits per heavy atom. The normalized spacial score (nSPS) is 10.6. The van der Waals surface area contributed by atoms with E-state index in [-0.39, 0.29) is 11.5 Å². The van der Waals surface area contributed by atoms with Gasteiger partial charge in [0, 0.05) is 33.8 Å². The predicted molar refractivity (Wildman–Crippen MR) is 89.9 cm³/mol. The van der Waals surface area contributed by atoms with E-state index in [1.54, 1.807) is 24.5 Å². The van der Waals surface area contributed by atoms with Crippen molar-refractivity contribution in [1.82, 2.24) is 9.97 Å². The molecule has 3 rings (SSSR count). The number of nitrogens with zero attached hydrogens (tertiary/aromatic N) is 1. The molecule has 0 saturated heterocycles. The number of nitrogens with one attached hydrogen (secondary N) is 2. The largest absolute Gasteiger partial charge is 0.328 e. The molecule has 3 heterocycles. The number of anilines is 1. The van der Waals surface area contributed by atoms with Crippen molar-refractivity contribution in [2.45, 2.75) is 13.8 Å². The van der Waals surface area contributed by atoms with Gasteiger partial charge in [0.1, 0.15) is 0 Å². The molecular weight excluding hydrogens is 318 g/mol. The van der Waals surface area contributed by atoms with Gasteiger partial charge in [0.05, 0.1) is 4.88 Å². The third kappa shape index (κ3) is 3.00. The van der Waals surface area contributed by atoms with Gasteiger partial charge in [-0.2, -0.15) is 0 Å². The van der Waals surface area contributed by atoms with Crippen LogP contribution in [0.25, 0.3) is 10.4 Å². The molecule has 7 heteroatoms. The summed E-state index contributed by atoms with van der Waals surface area (Å²) in [5.74, 6) is -0.173. The lowest BCUT2D eigenvalue weighted by molar-refractivity contribution is 0.103. The van der Waals surface area contributed by atoms with Crippen molar-refractivity contribution in [3.05, 3.63) is 56.3 Å². The van der Waals surface area contributed by atoms with Crippen LogP contribution < -0.4 is 10.9 Å². The molecule has 22 heavy (non-hydrogen) atoms. The maximum atomic E-state index is 12.2. The lowest BCUT2D eigenvalue weighted by atomic mass is 10.1. The molecule has 5 nitrogen and oxygen atoms in total. The van der Waals surface area contributed by atoms with E-state index in [0.29, 0.717) is 10.0 Å². The minimum absolute atomic E-state index is 0.130. The summed E-state index contributed by atoms with van der Waals surface area (Å²) < 4.78 is 0. The number of hydrogen-bond acceptors (Lipinski definition) is 5. The molecule has 0 aromatic carbocycles. The summed E-state index contributed by atoms with van der Waals surface area (Å²) in [4.78, 5) is 32.9. The fourth-order valence-electron chi connectivity index (χ4n) is 2.01. The van der Waals surface area contributed by atoms with Gasteiger partial charge in [0.25, 0.3) is 5.91 Å². The van der Waals surface area contributed by atoms with Crippen molar-refractivity contribution in [3.63, 3.8) is 0 Å². The predicted octanol–water partition coefficient (Wildman–Crippen LogP) is 3.43.